The third kappa shape index (κ3) is 3.37. The van der Waals surface area contributed by atoms with E-state index in [1.807, 2.05) is 13.1 Å². The zero-order chi connectivity index (χ0) is 18.0. The summed E-state index contributed by atoms with van der Waals surface area (Å²) >= 11 is 0. The molecule has 7 nitrogen and oxygen atoms in total. The van der Waals surface area contributed by atoms with E-state index in [-0.39, 0.29) is 5.82 Å². The monoisotopic (exact) mass is 343 g/mol. The van der Waals surface area contributed by atoms with E-state index in [1.54, 1.807) is 30.1 Å². The molecule has 0 saturated heterocycles. The van der Waals surface area contributed by atoms with Crippen LogP contribution >= 0.6 is 0 Å². The first kappa shape index (κ1) is 16.7. The molecule has 2 N–H and O–H groups in total. The van der Waals surface area contributed by atoms with Crippen LogP contribution < -0.4 is 15.2 Å². The lowest BCUT2D eigenvalue weighted by Crippen LogP contribution is -2.09. The zero-order valence-corrected chi connectivity index (χ0v) is 14.1. The minimum Gasteiger partial charge on any atom is -0.482 e. The van der Waals surface area contributed by atoms with Crippen LogP contribution in [-0.2, 0) is 7.05 Å². The van der Waals surface area contributed by atoms with Gasteiger partial charge in [0.2, 0.25) is 5.88 Å². The van der Waals surface area contributed by atoms with Crippen molar-refractivity contribution in [3.8, 4) is 22.9 Å². The summed E-state index contributed by atoms with van der Waals surface area (Å²) in [7, 11) is 3.30. The minimum absolute atomic E-state index is 0.237. The molecule has 8 heteroatoms. The van der Waals surface area contributed by atoms with E-state index < -0.39 is 11.9 Å². The average molecular weight is 343 g/mol. The molecular weight excluding hydrogens is 325 g/mol. The molecule has 0 aliphatic heterocycles. The van der Waals surface area contributed by atoms with Gasteiger partial charge in [-0.05, 0) is 25.1 Å². The number of aromatic nitrogens is 4. The Balaban J connectivity index is 1.93. The van der Waals surface area contributed by atoms with E-state index in [9.17, 15) is 4.39 Å². The van der Waals surface area contributed by atoms with Crippen LogP contribution in [0.2, 0.25) is 0 Å². The largest absolute Gasteiger partial charge is 0.482 e. The van der Waals surface area contributed by atoms with Crippen molar-refractivity contribution in [3.05, 3.63) is 48.2 Å². The van der Waals surface area contributed by atoms with Gasteiger partial charge in [-0.1, -0.05) is 0 Å². The Morgan fingerprint density at radius 1 is 1.24 bits per heavy atom. The van der Waals surface area contributed by atoms with Crippen molar-refractivity contribution in [1.82, 2.24) is 19.7 Å². The summed E-state index contributed by atoms with van der Waals surface area (Å²) in [5.74, 6) is 0.447. The molecule has 0 fully saturated rings. The van der Waals surface area contributed by atoms with Gasteiger partial charge in [0.1, 0.15) is 11.9 Å². The molecule has 3 heterocycles. The number of rotatable bonds is 5. The minimum atomic E-state index is -0.538. The summed E-state index contributed by atoms with van der Waals surface area (Å²) in [6, 6.07) is 4.96. The SMILES string of the molecule is COc1ncc(F)cc1C(C)Oc1cc(-c2ccnn2C)cnc1N. The lowest BCUT2D eigenvalue weighted by atomic mass is 10.1. The van der Waals surface area contributed by atoms with Crippen LogP contribution in [0.3, 0.4) is 0 Å². The van der Waals surface area contributed by atoms with Gasteiger partial charge in [-0.25, -0.2) is 14.4 Å². The molecule has 1 unspecified atom stereocenters. The van der Waals surface area contributed by atoms with Gasteiger partial charge in [0.15, 0.2) is 11.6 Å². The molecule has 0 aliphatic rings. The predicted octanol–water partition coefficient (Wildman–Crippen LogP) is 2.75. The highest BCUT2D eigenvalue weighted by molar-refractivity contribution is 5.64. The van der Waals surface area contributed by atoms with Crippen molar-refractivity contribution in [2.24, 2.45) is 7.05 Å². The number of methoxy groups -OCH3 is 1. The molecule has 3 aromatic heterocycles. The summed E-state index contributed by atoms with van der Waals surface area (Å²) in [5.41, 5.74) is 8.08. The standard InChI is InChI=1S/C17H18FN5O2/c1-10(13-7-12(18)9-21-17(13)24-3)25-15-6-11(8-20-16(15)19)14-4-5-22-23(14)2/h4-10H,1-3H3,(H2,19,20). The van der Waals surface area contributed by atoms with E-state index in [0.717, 1.165) is 17.5 Å². The first-order chi connectivity index (χ1) is 12.0. The van der Waals surface area contributed by atoms with Crippen molar-refractivity contribution in [3.63, 3.8) is 0 Å². The topological polar surface area (TPSA) is 88.1 Å². The van der Waals surface area contributed by atoms with Crippen LogP contribution in [-0.4, -0.2) is 26.9 Å². The van der Waals surface area contributed by atoms with Crippen LogP contribution in [0.15, 0.2) is 36.8 Å². The van der Waals surface area contributed by atoms with E-state index in [0.29, 0.717) is 17.2 Å². The zero-order valence-electron chi connectivity index (χ0n) is 14.1. The number of aryl methyl sites for hydroxylation is 1. The van der Waals surface area contributed by atoms with Crippen molar-refractivity contribution >= 4 is 5.82 Å². The Morgan fingerprint density at radius 3 is 2.72 bits per heavy atom. The van der Waals surface area contributed by atoms with Gasteiger partial charge in [0.25, 0.3) is 0 Å². The highest BCUT2D eigenvalue weighted by Gasteiger charge is 2.18. The van der Waals surface area contributed by atoms with Gasteiger partial charge in [-0.15, -0.1) is 0 Å². The Labute approximate surface area is 144 Å². The number of nitrogens with zero attached hydrogens (tertiary/aromatic N) is 4. The quantitative estimate of drug-likeness (QED) is 0.766. The molecular formula is C17H18FN5O2. The molecule has 0 saturated carbocycles. The van der Waals surface area contributed by atoms with E-state index >= 15 is 0 Å². The van der Waals surface area contributed by atoms with Gasteiger partial charge >= 0.3 is 0 Å². The highest BCUT2D eigenvalue weighted by atomic mass is 19.1. The number of pyridine rings is 2. The fraction of sp³-hybridized carbons (Fsp3) is 0.235. The normalized spacial score (nSPS) is 12.0. The summed E-state index contributed by atoms with van der Waals surface area (Å²) in [6.45, 7) is 1.76. The molecule has 0 aromatic carbocycles. The number of nitrogens with two attached hydrogens (primary N) is 1. The summed E-state index contributed by atoms with van der Waals surface area (Å²) in [6.07, 6.45) is 3.89. The summed E-state index contributed by atoms with van der Waals surface area (Å²) in [4.78, 5) is 8.09. The van der Waals surface area contributed by atoms with E-state index in [4.69, 9.17) is 15.2 Å². The average Bonchev–Trinajstić information content (AvgIpc) is 3.02. The second kappa shape index (κ2) is 6.76. The van der Waals surface area contributed by atoms with Crippen LogP contribution in [0.25, 0.3) is 11.3 Å². The lowest BCUT2D eigenvalue weighted by Gasteiger charge is -2.18. The fourth-order valence-electron chi connectivity index (χ4n) is 2.50. The van der Waals surface area contributed by atoms with E-state index in [1.165, 1.54) is 13.2 Å². The van der Waals surface area contributed by atoms with E-state index in [2.05, 4.69) is 15.1 Å². The van der Waals surface area contributed by atoms with Gasteiger partial charge in [0, 0.05) is 25.0 Å². The third-order valence-corrected chi connectivity index (χ3v) is 3.78. The summed E-state index contributed by atoms with van der Waals surface area (Å²) < 4.78 is 26.3. The van der Waals surface area contributed by atoms with Gasteiger partial charge in [0.05, 0.1) is 24.6 Å². The second-order valence-electron chi connectivity index (χ2n) is 5.46. The maximum atomic E-state index is 13.5. The van der Waals surface area contributed by atoms with Crippen molar-refractivity contribution in [2.75, 3.05) is 12.8 Å². The molecule has 1 atom stereocenters. The molecule has 130 valence electrons. The van der Waals surface area contributed by atoms with Crippen LogP contribution in [0.5, 0.6) is 11.6 Å². The number of hydrogen-bond donors (Lipinski definition) is 1. The van der Waals surface area contributed by atoms with Gasteiger partial charge < -0.3 is 15.2 Å². The summed E-state index contributed by atoms with van der Waals surface area (Å²) in [5, 5.41) is 4.14. The molecule has 0 radical (unpaired) electrons. The fourth-order valence-corrected chi connectivity index (χ4v) is 2.50. The number of nitrogen functional groups attached to an aromatic ring is 1. The van der Waals surface area contributed by atoms with Crippen LogP contribution in [0.4, 0.5) is 10.2 Å². The number of anilines is 1. The molecule has 0 aliphatic carbocycles. The molecule has 25 heavy (non-hydrogen) atoms. The van der Waals surface area contributed by atoms with Crippen molar-refractivity contribution < 1.29 is 13.9 Å². The molecule has 0 amide bonds. The Kier molecular flexibility index (Phi) is 4.51. The van der Waals surface area contributed by atoms with Crippen LogP contribution in [0, 0.1) is 5.82 Å². The van der Waals surface area contributed by atoms with Crippen molar-refractivity contribution in [1.29, 1.82) is 0 Å². The first-order valence-electron chi connectivity index (χ1n) is 7.59. The smallest absolute Gasteiger partial charge is 0.220 e. The number of ether oxygens (including phenoxy) is 2. The molecule has 0 spiro atoms. The predicted molar refractivity (Wildman–Crippen MR) is 90.6 cm³/mol. The second-order valence-corrected chi connectivity index (χ2v) is 5.46. The number of halogens is 1. The van der Waals surface area contributed by atoms with Gasteiger partial charge in [-0.3, -0.25) is 4.68 Å². The maximum absolute atomic E-state index is 13.5. The highest BCUT2D eigenvalue weighted by Crippen LogP contribution is 2.32. The first-order valence-corrected chi connectivity index (χ1v) is 7.59. The Bertz CT molecular complexity index is 896. The Hall–Kier alpha value is -3.16. The Morgan fingerprint density at radius 2 is 2.04 bits per heavy atom. The molecule has 3 aromatic rings. The number of hydrogen-bond acceptors (Lipinski definition) is 6. The van der Waals surface area contributed by atoms with Crippen molar-refractivity contribution in [2.45, 2.75) is 13.0 Å². The molecule has 3 rings (SSSR count). The maximum Gasteiger partial charge on any atom is 0.220 e. The van der Waals surface area contributed by atoms with Gasteiger partial charge in [-0.2, -0.15) is 5.10 Å². The van der Waals surface area contributed by atoms with Crippen LogP contribution in [0.1, 0.15) is 18.6 Å². The lowest BCUT2D eigenvalue weighted by molar-refractivity contribution is 0.219. The third-order valence-electron chi connectivity index (χ3n) is 3.78. The molecule has 0 bridgehead atoms.